The maximum absolute atomic E-state index is 13.7. The smallest absolute Gasteiger partial charge is 0.320 e. The van der Waals surface area contributed by atoms with Crippen LogP contribution in [0.5, 0.6) is 0 Å². The molecule has 33 heavy (non-hydrogen) atoms. The van der Waals surface area contributed by atoms with Crippen molar-refractivity contribution in [2.75, 3.05) is 0 Å². The van der Waals surface area contributed by atoms with Crippen molar-refractivity contribution in [1.29, 1.82) is 0 Å². The zero-order valence-electron chi connectivity index (χ0n) is 18.0. The molecule has 0 aliphatic heterocycles. The zero-order chi connectivity index (χ0) is 22.9. The molecule has 0 unspecified atom stereocenters. The first-order valence-corrected chi connectivity index (χ1v) is 10.6. The molecule has 0 spiro atoms. The Hall–Kier alpha value is -4.26. The summed E-state index contributed by atoms with van der Waals surface area (Å²) < 4.78 is 18.1. The summed E-state index contributed by atoms with van der Waals surface area (Å²) in [5, 5.41) is 0. The van der Waals surface area contributed by atoms with E-state index in [-0.39, 0.29) is 30.1 Å². The summed E-state index contributed by atoms with van der Waals surface area (Å²) >= 11 is 0. The molecule has 0 fully saturated rings. The van der Waals surface area contributed by atoms with Gasteiger partial charge in [-0.3, -0.25) is 9.36 Å². The Morgan fingerprint density at radius 1 is 0.848 bits per heavy atom. The highest BCUT2D eigenvalue weighted by atomic mass is 19.1. The lowest BCUT2D eigenvalue weighted by Crippen LogP contribution is -2.40. The van der Waals surface area contributed by atoms with Gasteiger partial charge in [-0.2, -0.15) is 0 Å². The van der Waals surface area contributed by atoms with Gasteiger partial charge in [-0.15, -0.1) is 0 Å². The normalized spacial score (nSPS) is 11.2. The predicted molar refractivity (Wildman–Crippen MR) is 125 cm³/mol. The number of benzene rings is 3. The van der Waals surface area contributed by atoms with E-state index in [1.807, 2.05) is 61.5 Å². The quantitative estimate of drug-likeness (QED) is 0.417. The van der Waals surface area contributed by atoms with E-state index in [0.29, 0.717) is 11.3 Å². The first kappa shape index (κ1) is 20.6. The Kier molecular flexibility index (Phi) is 5.22. The fourth-order valence-electron chi connectivity index (χ4n) is 3.96. The minimum atomic E-state index is -0.462. The van der Waals surface area contributed by atoms with Crippen LogP contribution in [0.3, 0.4) is 0 Å². The van der Waals surface area contributed by atoms with Gasteiger partial charge in [-0.05, 0) is 42.3 Å². The third-order valence-electron chi connectivity index (χ3n) is 5.62. The second kappa shape index (κ2) is 8.35. The maximum Gasteiger partial charge on any atom is 0.337 e. The molecule has 0 bridgehead atoms. The molecule has 5 aromatic rings. The summed E-state index contributed by atoms with van der Waals surface area (Å²) in [5.74, 6) is -0.352. The SMILES string of the molecule is Cc1ccc(-n2c(=O)n(Cc3ccccc3)c(=O)c3c2ncn3Cc2cccc(F)c2)cc1. The lowest BCUT2D eigenvalue weighted by molar-refractivity contribution is 0.623. The molecule has 0 saturated heterocycles. The van der Waals surface area contributed by atoms with Crippen molar-refractivity contribution in [2.24, 2.45) is 0 Å². The molecule has 0 radical (unpaired) electrons. The molecule has 7 heteroatoms. The number of hydrogen-bond donors (Lipinski definition) is 0. The molecule has 0 saturated carbocycles. The number of fused-ring (bicyclic) bond motifs is 1. The van der Waals surface area contributed by atoms with E-state index in [2.05, 4.69) is 4.98 Å². The maximum atomic E-state index is 13.7. The van der Waals surface area contributed by atoms with Crippen molar-refractivity contribution in [3.05, 3.63) is 129 Å². The van der Waals surface area contributed by atoms with Gasteiger partial charge in [-0.1, -0.05) is 60.2 Å². The van der Waals surface area contributed by atoms with Crippen LogP contribution in [0.4, 0.5) is 4.39 Å². The van der Waals surface area contributed by atoms with E-state index in [9.17, 15) is 14.0 Å². The minimum Gasteiger partial charge on any atom is -0.320 e. The van der Waals surface area contributed by atoms with Crippen LogP contribution >= 0.6 is 0 Å². The molecule has 0 atom stereocenters. The Morgan fingerprint density at radius 2 is 1.58 bits per heavy atom. The van der Waals surface area contributed by atoms with Gasteiger partial charge in [0.25, 0.3) is 5.56 Å². The molecule has 3 aromatic carbocycles. The number of nitrogens with zero attached hydrogens (tertiary/aromatic N) is 4. The Labute approximate surface area is 188 Å². The number of halogens is 1. The second-order valence-corrected chi connectivity index (χ2v) is 8.01. The third-order valence-corrected chi connectivity index (χ3v) is 5.62. The molecule has 0 aliphatic carbocycles. The van der Waals surface area contributed by atoms with E-state index in [4.69, 9.17) is 0 Å². The van der Waals surface area contributed by atoms with Crippen molar-refractivity contribution in [3.63, 3.8) is 0 Å². The number of rotatable bonds is 5. The Morgan fingerprint density at radius 3 is 2.30 bits per heavy atom. The van der Waals surface area contributed by atoms with E-state index in [1.54, 1.807) is 16.7 Å². The van der Waals surface area contributed by atoms with Crippen LogP contribution in [-0.2, 0) is 13.1 Å². The largest absolute Gasteiger partial charge is 0.337 e. The standard InChI is InChI=1S/C26H21FN4O2/c1-18-10-12-22(13-11-18)31-24-23(29(17-28-24)15-20-8-5-9-21(27)14-20)25(32)30(26(31)33)16-19-6-3-2-4-7-19/h2-14,17H,15-16H2,1H3. The predicted octanol–water partition coefficient (Wildman–Crippen LogP) is 3.89. The van der Waals surface area contributed by atoms with Crippen LogP contribution in [0, 0.1) is 12.7 Å². The lowest BCUT2D eigenvalue weighted by atomic mass is 10.2. The topological polar surface area (TPSA) is 61.8 Å². The molecule has 2 aromatic heterocycles. The molecule has 0 N–H and O–H groups in total. The summed E-state index contributed by atoms with van der Waals surface area (Å²) in [6.07, 6.45) is 1.52. The average Bonchev–Trinajstić information content (AvgIpc) is 3.22. The fourth-order valence-corrected chi connectivity index (χ4v) is 3.96. The van der Waals surface area contributed by atoms with Crippen molar-refractivity contribution in [2.45, 2.75) is 20.0 Å². The van der Waals surface area contributed by atoms with Crippen molar-refractivity contribution in [1.82, 2.24) is 18.7 Å². The first-order chi connectivity index (χ1) is 16.0. The number of imidazole rings is 1. The zero-order valence-corrected chi connectivity index (χ0v) is 18.0. The number of aryl methyl sites for hydroxylation is 1. The summed E-state index contributed by atoms with van der Waals surface area (Å²) in [6, 6.07) is 23.0. The monoisotopic (exact) mass is 440 g/mol. The third kappa shape index (κ3) is 3.89. The molecule has 6 nitrogen and oxygen atoms in total. The first-order valence-electron chi connectivity index (χ1n) is 10.6. The average molecular weight is 440 g/mol. The number of hydrogen-bond acceptors (Lipinski definition) is 3. The highest BCUT2D eigenvalue weighted by Crippen LogP contribution is 2.16. The van der Waals surface area contributed by atoms with Gasteiger partial charge in [-0.25, -0.2) is 18.7 Å². The highest BCUT2D eigenvalue weighted by molar-refractivity contribution is 5.72. The van der Waals surface area contributed by atoms with Crippen LogP contribution < -0.4 is 11.2 Å². The van der Waals surface area contributed by atoms with E-state index in [1.165, 1.54) is 27.6 Å². The van der Waals surface area contributed by atoms with E-state index >= 15 is 0 Å². The minimum absolute atomic E-state index is 0.130. The van der Waals surface area contributed by atoms with Gasteiger partial charge in [0, 0.05) is 6.54 Å². The van der Waals surface area contributed by atoms with Crippen LogP contribution in [-0.4, -0.2) is 18.7 Å². The van der Waals surface area contributed by atoms with Crippen molar-refractivity contribution < 1.29 is 4.39 Å². The summed E-state index contributed by atoms with van der Waals surface area (Å²) in [7, 11) is 0. The van der Waals surface area contributed by atoms with Gasteiger partial charge >= 0.3 is 5.69 Å². The molecule has 0 aliphatic rings. The van der Waals surface area contributed by atoms with Gasteiger partial charge in [0.2, 0.25) is 0 Å². The molecule has 5 rings (SSSR count). The summed E-state index contributed by atoms with van der Waals surface area (Å²) in [5.41, 5.74) is 2.86. The number of aromatic nitrogens is 4. The molecule has 164 valence electrons. The second-order valence-electron chi connectivity index (χ2n) is 8.01. The van der Waals surface area contributed by atoms with Gasteiger partial charge in [0.15, 0.2) is 11.2 Å². The van der Waals surface area contributed by atoms with Crippen LogP contribution in [0.1, 0.15) is 16.7 Å². The molecule has 0 amide bonds. The lowest BCUT2D eigenvalue weighted by Gasteiger charge is -2.13. The fraction of sp³-hybridized carbons (Fsp3) is 0.115. The van der Waals surface area contributed by atoms with Crippen LogP contribution in [0.15, 0.2) is 94.8 Å². The summed E-state index contributed by atoms with van der Waals surface area (Å²) in [6.45, 7) is 2.35. The van der Waals surface area contributed by atoms with E-state index < -0.39 is 11.2 Å². The van der Waals surface area contributed by atoms with Crippen LogP contribution in [0.2, 0.25) is 0 Å². The van der Waals surface area contributed by atoms with Crippen LogP contribution in [0.25, 0.3) is 16.9 Å². The van der Waals surface area contributed by atoms with Gasteiger partial charge in [0.05, 0.1) is 18.6 Å². The van der Waals surface area contributed by atoms with E-state index in [0.717, 1.165) is 11.1 Å². The Balaban J connectivity index is 1.76. The van der Waals surface area contributed by atoms with Gasteiger partial charge < -0.3 is 4.57 Å². The molecular weight excluding hydrogens is 419 g/mol. The van der Waals surface area contributed by atoms with Crippen molar-refractivity contribution in [3.8, 4) is 5.69 Å². The van der Waals surface area contributed by atoms with Gasteiger partial charge in [0.1, 0.15) is 5.82 Å². The highest BCUT2D eigenvalue weighted by Gasteiger charge is 2.19. The molecular formula is C26H21FN4O2. The summed E-state index contributed by atoms with van der Waals surface area (Å²) in [4.78, 5) is 31.5. The molecule has 2 heterocycles. The van der Waals surface area contributed by atoms with Crippen molar-refractivity contribution >= 4 is 11.2 Å². The Bertz CT molecular complexity index is 1560.